The Morgan fingerprint density at radius 2 is 1.57 bits per heavy atom. The van der Waals surface area contributed by atoms with Crippen LogP contribution in [0.15, 0.2) is 24.5 Å². The standard InChI is InChI=1S/C19H25ClN2Si/c1-13(2)23(14(3)4,15(5)6)10-9-19-17-11-16(20)7-8-18(17)21-12-22-19/h7-8,11-15H,1-6H3. The molecule has 23 heavy (non-hydrogen) atoms. The third-order valence-electron chi connectivity index (χ3n) is 4.86. The lowest BCUT2D eigenvalue weighted by Crippen LogP contribution is -2.43. The third kappa shape index (κ3) is 3.44. The van der Waals surface area contributed by atoms with Gasteiger partial charge in [0.1, 0.15) is 20.1 Å². The number of hydrogen-bond acceptors (Lipinski definition) is 2. The number of halogens is 1. The zero-order chi connectivity index (χ0) is 17.2. The molecule has 0 spiro atoms. The maximum absolute atomic E-state index is 6.14. The smallest absolute Gasteiger partial charge is 0.146 e. The predicted octanol–water partition coefficient (Wildman–Crippen LogP) is 5.85. The van der Waals surface area contributed by atoms with Crippen molar-refractivity contribution >= 4 is 30.6 Å². The van der Waals surface area contributed by atoms with Crippen molar-refractivity contribution in [2.75, 3.05) is 0 Å². The zero-order valence-corrected chi connectivity index (χ0v) is 16.6. The van der Waals surface area contributed by atoms with Crippen LogP contribution in [0.2, 0.25) is 21.6 Å². The molecule has 0 aliphatic heterocycles. The Labute approximate surface area is 145 Å². The molecule has 0 aliphatic carbocycles. The van der Waals surface area contributed by atoms with Crippen molar-refractivity contribution in [1.82, 2.24) is 9.97 Å². The Kier molecular flexibility index (Phi) is 5.49. The first kappa shape index (κ1) is 18.0. The Morgan fingerprint density at radius 3 is 2.13 bits per heavy atom. The second-order valence-corrected chi connectivity index (χ2v) is 13.0. The van der Waals surface area contributed by atoms with Crippen molar-refractivity contribution in [3.8, 4) is 11.5 Å². The first-order valence-corrected chi connectivity index (χ1v) is 10.8. The summed E-state index contributed by atoms with van der Waals surface area (Å²) in [5.74, 6) is 3.40. The van der Waals surface area contributed by atoms with E-state index in [0.717, 1.165) is 16.6 Å². The second kappa shape index (κ2) is 7.03. The monoisotopic (exact) mass is 344 g/mol. The molecule has 4 heteroatoms. The minimum atomic E-state index is -1.77. The van der Waals surface area contributed by atoms with Crippen LogP contribution in [0.4, 0.5) is 0 Å². The van der Waals surface area contributed by atoms with E-state index in [2.05, 4.69) is 63.0 Å². The summed E-state index contributed by atoms with van der Waals surface area (Å²) in [6, 6.07) is 5.68. The van der Waals surface area contributed by atoms with Gasteiger partial charge in [-0.1, -0.05) is 59.1 Å². The fourth-order valence-corrected chi connectivity index (χ4v) is 9.10. The summed E-state index contributed by atoms with van der Waals surface area (Å²) in [5, 5.41) is 1.63. The van der Waals surface area contributed by atoms with E-state index in [4.69, 9.17) is 11.6 Å². The minimum Gasteiger partial charge on any atom is -0.236 e. The van der Waals surface area contributed by atoms with Crippen LogP contribution in [0.3, 0.4) is 0 Å². The first-order valence-electron chi connectivity index (χ1n) is 8.22. The van der Waals surface area contributed by atoms with Gasteiger partial charge in [-0.2, -0.15) is 0 Å². The molecule has 1 aromatic carbocycles. The molecule has 122 valence electrons. The van der Waals surface area contributed by atoms with E-state index in [9.17, 15) is 0 Å². The fourth-order valence-electron chi connectivity index (χ4n) is 3.73. The van der Waals surface area contributed by atoms with Crippen molar-refractivity contribution < 1.29 is 0 Å². The van der Waals surface area contributed by atoms with E-state index in [1.807, 2.05) is 18.2 Å². The topological polar surface area (TPSA) is 25.8 Å². The Hall–Kier alpha value is -1.37. The van der Waals surface area contributed by atoms with Crippen molar-refractivity contribution in [2.45, 2.75) is 58.2 Å². The van der Waals surface area contributed by atoms with Crippen molar-refractivity contribution in [2.24, 2.45) is 0 Å². The van der Waals surface area contributed by atoms with E-state index in [1.165, 1.54) is 0 Å². The second-order valence-electron chi connectivity index (χ2n) is 7.03. The summed E-state index contributed by atoms with van der Waals surface area (Å²) >= 11 is 6.14. The fraction of sp³-hybridized carbons (Fsp3) is 0.474. The van der Waals surface area contributed by atoms with E-state index in [-0.39, 0.29) is 0 Å². The molecular weight excluding hydrogens is 320 g/mol. The highest BCUT2D eigenvalue weighted by atomic mass is 35.5. The average Bonchev–Trinajstić information content (AvgIpc) is 2.47. The maximum Gasteiger partial charge on any atom is 0.146 e. The minimum absolute atomic E-state index is 0.603. The highest BCUT2D eigenvalue weighted by Gasteiger charge is 2.41. The van der Waals surface area contributed by atoms with Gasteiger partial charge in [0.15, 0.2) is 0 Å². The predicted molar refractivity (Wildman–Crippen MR) is 102 cm³/mol. The highest BCUT2D eigenvalue weighted by Crippen LogP contribution is 2.40. The van der Waals surface area contributed by atoms with Crippen molar-refractivity contribution in [1.29, 1.82) is 0 Å². The number of benzene rings is 1. The van der Waals surface area contributed by atoms with Crippen LogP contribution in [-0.2, 0) is 0 Å². The molecule has 2 nitrogen and oxygen atoms in total. The molecule has 1 heterocycles. The molecule has 0 saturated carbocycles. The van der Waals surface area contributed by atoms with Crippen LogP contribution >= 0.6 is 11.6 Å². The van der Waals surface area contributed by atoms with Gasteiger partial charge >= 0.3 is 0 Å². The summed E-state index contributed by atoms with van der Waals surface area (Å²) in [5.41, 5.74) is 7.20. The quantitative estimate of drug-likeness (QED) is 0.515. The lowest BCUT2D eigenvalue weighted by atomic mass is 10.2. The van der Waals surface area contributed by atoms with Gasteiger partial charge in [0.2, 0.25) is 0 Å². The molecule has 0 radical (unpaired) electrons. The maximum atomic E-state index is 6.14. The van der Waals surface area contributed by atoms with Crippen LogP contribution in [-0.4, -0.2) is 18.0 Å². The van der Waals surface area contributed by atoms with Gasteiger partial charge in [-0.05, 0) is 34.8 Å². The first-order chi connectivity index (χ1) is 10.8. The zero-order valence-electron chi connectivity index (χ0n) is 14.8. The van der Waals surface area contributed by atoms with Crippen molar-refractivity contribution in [3.63, 3.8) is 0 Å². The molecule has 0 unspecified atom stereocenters. The van der Waals surface area contributed by atoms with Gasteiger partial charge in [-0.15, -0.1) is 5.54 Å². The molecule has 0 aliphatic rings. The van der Waals surface area contributed by atoms with Gasteiger partial charge < -0.3 is 0 Å². The molecular formula is C19H25ClN2Si. The summed E-state index contributed by atoms with van der Waals surface area (Å²) in [4.78, 5) is 8.71. The SMILES string of the molecule is CC(C)[Si](C#Cc1ncnc2ccc(Cl)cc12)(C(C)C)C(C)C. The normalized spacial score (nSPS) is 12.1. The van der Waals surface area contributed by atoms with E-state index in [1.54, 1.807) is 6.33 Å². The molecule has 0 bridgehead atoms. The molecule has 0 N–H and O–H groups in total. The van der Waals surface area contributed by atoms with E-state index in [0.29, 0.717) is 21.6 Å². The van der Waals surface area contributed by atoms with E-state index >= 15 is 0 Å². The molecule has 0 atom stereocenters. The van der Waals surface area contributed by atoms with Crippen LogP contribution < -0.4 is 0 Å². The van der Waals surface area contributed by atoms with Crippen LogP contribution in [0, 0.1) is 11.5 Å². The molecule has 1 aromatic heterocycles. The van der Waals surface area contributed by atoms with Gasteiger partial charge in [0.05, 0.1) is 5.52 Å². The lowest BCUT2D eigenvalue weighted by Gasteiger charge is -2.38. The van der Waals surface area contributed by atoms with Crippen LogP contribution in [0.1, 0.15) is 47.2 Å². The number of aromatic nitrogens is 2. The summed E-state index contributed by atoms with van der Waals surface area (Å²) in [6.45, 7) is 13.9. The molecule has 0 amide bonds. The largest absolute Gasteiger partial charge is 0.236 e. The Morgan fingerprint density at radius 1 is 0.957 bits per heavy atom. The summed E-state index contributed by atoms with van der Waals surface area (Å²) < 4.78 is 0. The number of rotatable bonds is 3. The van der Waals surface area contributed by atoms with E-state index < -0.39 is 8.07 Å². The highest BCUT2D eigenvalue weighted by molar-refractivity contribution is 6.90. The number of hydrogen-bond donors (Lipinski definition) is 0. The summed E-state index contributed by atoms with van der Waals surface area (Å²) in [7, 11) is -1.77. The lowest BCUT2D eigenvalue weighted by molar-refractivity contribution is 0.838. The molecule has 0 fully saturated rings. The Balaban J connectivity index is 2.62. The van der Waals surface area contributed by atoms with Gasteiger partial charge in [0, 0.05) is 10.4 Å². The molecule has 0 saturated heterocycles. The third-order valence-corrected chi connectivity index (χ3v) is 11.4. The Bertz CT molecular complexity index is 735. The van der Waals surface area contributed by atoms with Crippen LogP contribution in [0.5, 0.6) is 0 Å². The number of nitrogens with zero attached hydrogens (tertiary/aromatic N) is 2. The van der Waals surface area contributed by atoms with Gasteiger partial charge in [-0.25, -0.2) is 9.97 Å². The molecule has 2 rings (SSSR count). The molecule has 2 aromatic rings. The summed E-state index contributed by atoms with van der Waals surface area (Å²) in [6.07, 6.45) is 1.59. The van der Waals surface area contributed by atoms with Gasteiger partial charge in [0.25, 0.3) is 0 Å². The number of fused-ring (bicyclic) bond motifs is 1. The van der Waals surface area contributed by atoms with Crippen LogP contribution in [0.25, 0.3) is 10.9 Å². The average molecular weight is 345 g/mol. The van der Waals surface area contributed by atoms with Crippen molar-refractivity contribution in [3.05, 3.63) is 35.2 Å². The van der Waals surface area contributed by atoms with Gasteiger partial charge in [-0.3, -0.25) is 0 Å².